The van der Waals surface area contributed by atoms with Crippen LogP contribution in [0.4, 0.5) is 10.5 Å². The minimum absolute atomic E-state index is 0.180. The molecule has 0 unspecified atom stereocenters. The van der Waals surface area contributed by atoms with Crippen molar-refractivity contribution in [2.24, 2.45) is 0 Å². The molecule has 2 amide bonds. The van der Waals surface area contributed by atoms with Gasteiger partial charge in [0.25, 0.3) is 0 Å². The summed E-state index contributed by atoms with van der Waals surface area (Å²) in [6.07, 6.45) is 1.39. The number of nitrogens with one attached hydrogen (secondary N) is 2. The van der Waals surface area contributed by atoms with Crippen molar-refractivity contribution in [3.05, 3.63) is 28.8 Å². The van der Waals surface area contributed by atoms with Crippen molar-refractivity contribution in [1.29, 1.82) is 0 Å². The Bertz CT molecular complexity index is 497. The number of hydrogen-bond donors (Lipinski definition) is 2. The van der Waals surface area contributed by atoms with Crippen molar-refractivity contribution >= 4 is 11.7 Å². The molecular formula is C18H30N2O3. The maximum Gasteiger partial charge on any atom is 0.319 e. The summed E-state index contributed by atoms with van der Waals surface area (Å²) in [5, 5.41) is 5.78. The van der Waals surface area contributed by atoms with Crippen LogP contribution in [0, 0.1) is 20.8 Å². The van der Waals surface area contributed by atoms with Gasteiger partial charge in [-0.15, -0.1) is 0 Å². The average molecular weight is 322 g/mol. The van der Waals surface area contributed by atoms with Gasteiger partial charge in [-0.1, -0.05) is 6.07 Å². The average Bonchev–Trinajstić information content (AvgIpc) is 2.49. The van der Waals surface area contributed by atoms with E-state index >= 15 is 0 Å². The van der Waals surface area contributed by atoms with Gasteiger partial charge in [-0.2, -0.15) is 0 Å². The fourth-order valence-electron chi connectivity index (χ4n) is 2.32. The zero-order valence-corrected chi connectivity index (χ0v) is 15.0. The number of amides is 2. The van der Waals surface area contributed by atoms with Crippen LogP contribution >= 0.6 is 0 Å². The first-order valence-electron chi connectivity index (χ1n) is 8.33. The highest BCUT2D eigenvalue weighted by Crippen LogP contribution is 2.19. The lowest BCUT2D eigenvalue weighted by Crippen LogP contribution is -2.30. The van der Waals surface area contributed by atoms with Gasteiger partial charge < -0.3 is 20.1 Å². The molecule has 23 heavy (non-hydrogen) atoms. The van der Waals surface area contributed by atoms with Gasteiger partial charge in [0.15, 0.2) is 6.29 Å². The Morgan fingerprint density at radius 3 is 2.26 bits per heavy atom. The van der Waals surface area contributed by atoms with Crippen LogP contribution in [0.15, 0.2) is 12.1 Å². The predicted molar refractivity (Wildman–Crippen MR) is 93.9 cm³/mol. The first kappa shape index (κ1) is 19.5. The fraction of sp³-hybridized carbons (Fsp3) is 0.611. The number of hydrogen-bond acceptors (Lipinski definition) is 3. The summed E-state index contributed by atoms with van der Waals surface area (Å²) in [5.41, 5.74) is 4.32. The Hall–Kier alpha value is -1.59. The number of aryl methyl sites for hydroxylation is 3. The van der Waals surface area contributed by atoms with E-state index in [4.69, 9.17) is 9.47 Å². The molecule has 0 spiro atoms. The van der Waals surface area contributed by atoms with Crippen molar-refractivity contribution in [3.8, 4) is 0 Å². The summed E-state index contributed by atoms with van der Waals surface area (Å²) in [5.74, 6) is 0. The van der Waals surface area contributed by atoms with Crippen molar-refractivity contribution < 1.29 is 14.3 Å². The van der Waals surface area contributed by atoms with Crippen LogP contribution in [0.1, 0.15) is 43.4 Å². The van der Waals surface area contributed by atoms with Crippen LogP contribution < -0.4 is 10.6 Å². The minimum Gasteiger partial charge on any atom is -0.353 e. The monoisotopic (exact) mass is 322 g/mol. The second-order valence-electron chi connectivity index (χ2n) is 5.61. The SMILES string of the molecule is CCOC(CCCNC(=O)Nc1cc(C)c(C)cc1C)OCC. The Morgan fingerprint density at radius 1 is 1.04 bits per heavy atom. The Morgan fingerprint density at radius 2 is 1.65 bits per heavy atom. The summed E-state index contributed by atoms with van der Waals surface area (Å²) in [7, 11) is 0. The second-order valence-corrected chi connectivity index (χ2v) is 5.61. The number of carbonyl (C=O) groups is 1. The Labute approximate surface area is 139 Å². The van der Waals surface area contributed by atoms with E-state index in [9.17, 15) is 4.79 Å². The molecule has 0 heterocycles. The van der Waals surface area contributed by atoms with Gasteiger partial charge in [0.1, 0.15) is 0 Å². The molecule has 0 saturated carbocycles. The summed E-state index contributed by atoms with van der Waals surface area (Å²) >= 11 is 0. The van der Waals surface area contributed by atoms with Gasteiger partial charge in [-0.05, 0) is 63.8 Å². The predicted octanol–water partition coefficient (Wildman–Crippen LogP) is 3.91. The number of ether oxygens (including phenoxy) is 2. The number of carbonyl (C=O) groups excluding carboxylic acids is 1. The molecule has 0 aromatic heterocycles. The van der Waals surface area contributed by atoms with Crippen LogP contribution in [0.2, 0.25) is 0 Å². The molecule has 2 N–H and O–H groups in total. The highest BCUT2D eigenvalue weighted by molar-refractivity contribution is 5.90. The quantitative estimate of drug-likeness (QED) is 0.535. The molecule has 0 atom stereocenters. The van der Waals surface area contributed by atoms with Crippen LogP contribution in [0.3, 0.4) is 0 Å². The van der Waals surface area contributed by atoms with Crippen molar-refractivity contribution in [1.82, 2.24) is 5.32 Å². The first-order valence-corrected chi connectivity index (χ1v) is 8.33. The maximum atomic E-state index is 12.0. The molecule has 0 aliphatic heterocycles. The Kier molecular flexibility index (Phi) is 8.66. The lowest BCUT2D eigenvalue weighted by atomic mass is 10.1. The molecule has 0 aliphatic carbocycles. The number of rotatable bonds is 9. The third kappa shape index (κ3) is 7.01. The second kappa shape index (κ2) is 10.2. The fourth-order valence-corrected chi connectivity index (χ4v) is 2.32. The molecule has 1 aromatic rings. The summed E-state index contributed by atoms with van der Waals surface area (Å²) in [6, 6.07) is 3.91. The topological polar surface area (TPSA) is 59.6 Å². The third-order valence-electron chi connectivity index (χ3n) is 3.70. The summed E-state index contributed by atoms with van der Waals surface area (Å²) < 4.78 is 10.9. The normalized spacial score (nSPS) is 10.9. The van der Waals surface area contributed by atoms with Gasteiger partial charge in [0, 0.05) is 31.9 Å². The molecule has 0 bridgehead atoms. The zero-order valence-electron chi connectivity index (χ0n) is 15.0. The molecule has 1 rings (SSSR count). The van der Waals surface area contributed by atoms with Crippen molar-refractivity contribution in [2.45, 2.75) is 53.8 Å². The largest absolute Gasteiger partial charge is 0.353 e. The lowest BCUT2D eigenvalue weighted by Gasteiger charge is -2.17. The zero-order chi connectivity index (χ0) is 17.2. The summed E-state index contributed by atoms with van der Waals surface area (Å²) in [6.45, 7) is 11.9. The van der Waals surface area contributed by atoms with E-state index in [0.29, 0.717) is 19.8 Å². The van der Waals surface area contributed by atoms with Gasteiger partial charge in [0.2, 0.25) is 0 Å². The Balaban J connectivity index is 2.36. The maximum absolute atomic E-state index is 12.0. The first-order chi connectivity index (χ1) is 11.0. The van der Waals surface area contributed by atoms with Crippen LogP contribution in [-0.2, 0) is 9.47 Å². The van der Waals surface area contributed by atoms with Gasteiger partial charge in [-0.3, -0.25) is 0 Å². The van der Waals surface area contributed by atoms with E-state index < -0.39 is 0 Å². The smallest absolute Gasteiger partial charge is 0.319 e. The van der Waals surface area contributed by atoms with Crippen LogP contribution in [-0.4, -0.2) is 32.1 Å². The number of benzene rings is 1. The van der Waals surface area contributed by atoms with E-state index in [1.165, 1.54) is 11.1 Å². The highest BCUT2D eigenvalue weighted by Gasteiger charge is 2.09. The molecule has 0 aliphatic rings. The van der Waals surface area contributed by atoms with Crippen LogP contribution in [0.25, 0.3) is 0 Å². The van der Waals surface area contributed by atoms with E-state index in [1.807, 2.05) is 33.8 Å². The van der Waals surface area contributed by atoms with Crippen LogP contribution in [0.5, 0.6) is 0 Å². The molecule has 5 heteroatoms. The molecule has 1 aromatic carbocycles. The van der Waals surface area contributed by atoms with E-state index in [2.05, 4.69) is 23.6 Å². The van der Waals surface area contributed by atoms with E-state index in [1.54, 1.807) is 0 Å². The highest BCUT2D eigenvalue weighted by atomic mass is 16.7. The van der Waals surface area contributed by atoms with E-state index in [-0.39, 0.29) is 12.3 Å². The van der Waals surface area contributed by atoms with Crippen molar-refractivity contribution in [3.63, 3.8) is 0 Å². The molecular weight excluding hydrogens is 292 g/mol. The number of urea groups is 1. The van der Waals surface area contributed by atoms with Crippen molar-refractivity contribution in [2.75, 3.05) is 25.1 Å². The molecule has 130 valence electrons. The molecule has 5 nitrogen and oxygen atoms in total. The summed E-state index contributed by atoms with van der Waals surface area (Å²) in [4.78, 5) is 12.0. The van der Waals surface area contributed by atoms with Gasteiger partial charge >= 0.3 is 6.03 Å². The third-order valence-corrected chi connectivity index (χ3v) is 3.70. The van der Waals surface area contributed by atoms with Gasteiger partial charge in [0.05, 0.1) is 0 Å². The van der Waals surface area contributed by atoms with Gasteiger partial charge in [-0.25, -0.2) is 4.79 Å². The molecule has 0 fully saturated rings. The molecule has 0 saturated heterocycles. The number of anilines is 1. The lowest BCUT2D eigenvalue weighted by molar-refractivity contribution is -0.139. The van der Waals surface area contributed by atoms with E-state index in [0.717, 1.165) is 24.1 Å². The minimum atomic E-state index is -0.183. The molecule has 0 radical (unpaired) electrons. The standard InChI is InChI=1S/C18H30N2O3/c1-6-22-17(23-7-2)9-8-10-19-18(21)20-16-12-14(4)13(3)11-15(16)5/h11-12,17H,6-10H2,1-5H3,(H2,19,20,21).